The van der Waals surface area contributed by atoms with Crippen LogP contribution in [0.25, 0.3) is 5.57 Å². The number of para-hydroxylation sites is 1. The van der Waals surface area contributed by atoms with Gasteiger partial charge in [0.05, 0.1) is 6.04 Å². The van der Waals surface area contributed by atoms with Gasteiger partial charge in [0.2, 0.25) is 0 Å². The highest BCUT2D eigenvalue weighted by Crippen LogP contribution is 2.37. The Bertz CT molecular complexity index is 1140. The van der Waals surface area contributed by atoms with Gasteiger partial charge in [0.25, 0.3) is 0 Å². The van der Waals surface area contributed by atoms with Gasteiger partial charge in [-0.1, -0.05) is 48.0 Å². The summed E-state index contributed by atoms with van der Waals surface area (Å²) in [6.07, 6.45) is 2.10. The molecule has 0 aliphatic carbocycles. The summed E-state index contributed by atoms with van der Waals surface area (Å²) in [6.45, 7) is 2.31. The van der Waals surface area contributed by atoms with E-state index in [1.165, 1.54) is 12.1 Å². The molecule has 1 amide bonds. The van der Waals surface area contributed by atoms with Crippen LogP contribution in [0.4, 0.5) is 14.9 Å². The minimum atomic E-state index is -0.460. The number of aryl methyl sites for hydroxylation is 1. The lowest BCUT2D eigenvalue weighted by atomic mass is 9.92. The number of nitrogens with two attached hydrogens (primary N) is 1. The van der Waals surface area contributed by atoms with Gasteiger partial charge in [0, 0.05) is 22.8 Å². The molecule has 0 saturated heterocycles. The number of carbonyl (C=O) groups is 1. The Labute approximate surface area is 185 Å². The standard InChI is InChI=1S/C25H22ClFN2O2/c1-16-4-2-3-5-24(16)31-25(30)29-13-12-18(21-15-19(26)8-11-22(21)28)14-23(29)17-6-9-20(27)10-7-17/h2-11,14-15,23H,12-13,28H2,1H3. The summed E-state index contributed by atoms with van der Waals surface area (Å²) in [5.41, 5.74) is 10.3. The van der Waals surface area contributed by atoms with Gasteiger partial charge in [-0.3, -0.25) is 4.90 Å². The molecule has 0 spiro atoms. The summed E-state index contributed by atoms with van der Waals surface area (Å²) >= 11 is 6.18. The Kier molecular flexibility index (Phi) is 5.96. The van der Waals surface area contributed by atoms with Crippen molar-refractivity contribution in [3.05, 3.63) is 100 Å². The highest BCUT2D eigenvalue weighted by Gasteiger charge is 2.30. The van der Waals surface area contributed by atoms with Crippen molar-refractivity contribution < 1.29 is 13.9 Å². The third-order valence-electron chi connectivity index (χ3n) is 5.42. The number of nitrogens with zero attached hydrogens (tertiary/aromatic N) is 1. The summed E-state index contributed by atoms with van der Waals surface area (Å²) in [5.74, 6) is 0.177. The van der Waals surface area contributed by atoms with Crippen LogP contribution >= 0.6 is 11.6 Å². The normalized spacial score (nSPS) is 16.0. The summed E-state index contributed by atoms with van der Waals surface area (Å²) < 4.78 is 19.2. The molecule has 3 aromatic rings. The third-order valence-corrected chi connectivity index (χ3v) is 5.65. The molecular weight excluding hydrogens is 415 g/mol. The average Bonchev–Trinajstić information content (AvgIpc) is 2.77. The van der Waals surface area contributed by atoms with Gasteiger partial charge in [0.1, 0.15) is 11.6 Å². The minimum Gasteiger partial charge on any atom is -0.410 e. The lowest BCUT2D eigenvalue weighted by Crippen LogP contribution is -2.39. The molecule has 31 heavy (non-hydrogen) atoms. The Hall–Kier alpha value is -3.31. The summed E-state index contributed by atoms with van der Waals surface area (Å²) in [4.78, 5) is 14.7. The number of carbonyl (C=O) groups excluding carboxylic acids is 1. The molecule has 1 heterocycles. The van der Waals surface area contributed by atoms with E-state index in [0.717, 1.165) is 22.3 Å². The van der Waals surface area contributed by atoms with Crippen molar-refractivity contribution in [2.24, 2.45) is 0 Å². The van der Waals surface area contributed by atoms with Gasteiger partial charge >= 0.3 is 6.09 Å². The molecule has 4 rings (SSSR count). The van der Waals surface area contributed by atoms with Gasteiger partial charge < -0.3 is 10.5 Å². The topological polar surface area (TPSA) is 55.6 Å². The van der Waals surface area contributed by atoms with Gasteiger partial charge in [-0.15, -0.1) is 0 Å². The fraction of sp³-hybridized carbons (Fsp3) is 0.160. The monoisotopic (exact) mass is 436 g/mol. The van der Waals surface area contributed by atoms with E-state index in [-0.39, 0.29) is 5.82 Å². The second-order valence-corrected chi connectivity index (χ2v) is 7.93. The van der Waals surface area contributed by atoms with Crippen LogP contribution in [0, 0.1) is 12.7 Å². The zero-order valence-corrected chi connectivity index (χ0v) is 17.8. The first-order chi connectivity index (χ1) is 14.9. The Morgan fingerprint density at radius 3 is 2.61 bits per heavy atom. The van der Waals surface area contributed by atoms with Crippen molar-refractivity contribution in [3.63, 3.8) is 0 Å². The molecule has 1 aliphatic rings. The smallest absolute Gasteiger partial charge is 0.410 e. The van der Waals surface area contributed by atoms with E-state index in [9.17, 15) is 9.18 Å². The number of ether oxygens (including phenoxy) is 1. The SMILES string of the molecule is Cc1ccccc1OC(=O)N1CCC(c2cc(Cl)ccc2N)=CC1c1ccc(F)cc1. The molecule has 1 atom stereocenters. The number of anilines is 1. The number of rotatable bonds is 3. The van der Waals surface area contributed by atoms with E-state index >= 15 is 0 Å². The van der Waals surface area contributed by atoms with Crippen LogP contribution < -0.4 is 10.5 Å². The molecule has 0 radical (unpaired) electrons. The first-order valence-electron chi connectivity index (χ1n) is 9.98. The highest BCUT2D eigenvalue weighted by molar-refractivity contribution is 6.30. The maximum absolute atomic E-state index is 13.5. The Balaban J connectivity index is 1.71. The van der Waals surface area contributed by atoms with E-state index in [0.29, 0.717) is 29.4 Å². The van der Waals surface area contributed by atoms with Crippen LogP contribution in [-0.4, -0.2) is 17.5 Å². The zero-order chi connectivity index (χ0) is 22.0. The summed E-state index contributed by atoms with van der Waals surface area (Å²) in [7, 11) is 0. The Morgan fingerprint density at radius 1 is 1.13 bits per heavy atom. The average molecular weight is 437 g/mol. The second-order valence-electron chi connectivity index (χ2n) is 7.50. The fourth-order valence-electron chi connectivity index (χ4n) is 3.74. The van der Waals surface area contributed by atoms with Crippen LogP contribution in [-0.2, 0) is 0 Å². The fourth-order valence-corrected chi connectivity index (χ4v) is 3.91. The number of hydrogen-bond acceptors (Lipinski definition) is 3. The van der Waals surface area contributed by atoms with Crippen molar-refractivity contribution >= 4 is 29.0 Å². The molecule has 4 nitrogen and oxygen atoms in total. The second kappa shape index (κ2) is 8.82. The first-order valence-corrected chi connectivity index (χ1v) is 10.4. The summed E-state index contributed by atoms with van der Waals surface area (Å²) in [5, 5.41) is 0.588. The third kappa shape index (κ3) is 4.57. The van der Waals surface area contributed by atoms with E-state index in [2.05, 4.69) is 0 Å². The maximum atomic E-state index is 13.5. The van der Waals surface area contributed by atoms with Gasteiger partial charge in [-0.2, -0.15) is 0 Å². The molecule has 2 N–H and O–H groups in total. The van der Waals surface area contributed by atoms with Crippen molar-refractivity contribution in [2.45, 2.75) is 19.4 Å². The number of hydrogen-bond donors (Lipinski definition) is 1. The summed E-state index contributed by atoms with van der Waals surface area (Å²) in [6, 6.07) is 18.4. The van der Waals surface area contributed by atoms with Gasteiger partial charge in [-0.25, -0.2) is 9.18 Å². The van der Waals surface area contributed by atoms with Crippen molar-refractivity contribution in [3.8, 4) is 5.75 Å². The van der Waals surface area contributed by atoms with Gasteiger partial charge in [0.15, 0.2) is 0 Å². The van der Waals surface area contributed by atoms with Crippen molar-refractivity contribution in [1.82, 2.24) is 4.90 Å². The molecule has 0 aromatic heterocycles. The van der Waals surface area contributed by atoms with Crippen molar-refractivity contribution in [2.75, 3.05) is 12.3 Å². The number of amides is 1. The van der Waals surface area contributed by atoms with Crippen LogP contribution in [0.3, 0.4) is 0 Å². The zero-order valence-electron chi connectivity index (χ0n) is 17.0. The maximum Gasteiger partial charge on any atom is 0.416 e. The van der Waals surface area contributed by atoms with E-state index in [4.69, 9.17) is 22.1 Å². The first kappa shape index (κ1) is 20.9. The molecular formula is C25H22ClFN2O2. The van der Waals surface area contributed by atoms with E-state index < -0.39 is 12.1 Å². The minimum absolute atomic E-state index is 0.336. The molecule has 1 unspecified atom stereocenters. The molecule has 1 aliphatic heterocycles. The molecule has 158 valence electrons. The lowest BCUT2D eigenvalue weighted by Gasteiger charge is -2.34. The molecule has 0 bridgehead atoms. The van der Waals surface area contributed by atoms with Crippen molar-refractivity contribution in [1.29, 1.82) is 0 Å². The number of benzene rings is 3. The van der Waals surface area contributed by atoms with E-state index in [1.54, 1.807) is 35.2 Å². The van der Waals surface area contributed by atoms with Gasteiger partial charge in [-0.05, 0) is 66.4 Å². The number of nitrogen functional groups attached to an aromatic ring is 1. The quantitative estimate of drug-likeness (QED) is 0.483. The van der Waals surface area contributed by atoms with Crippen LogP contribution in [0.1, 0.15) is 29.2 Å². The molecule has 3 aromatic carbocycles. The largest absolute Gasteiger partial charge is 0.416 e. The van der Waals surface area contributed by atoms with Crippen LogP contribution in [0.2, 0.25) is 5.02 Å². The van der Waals surface area contributed by atoms with Crippen LogP contribution in [0.5, 0.6) is 5.75 Å². The lowest BCUT2D eigenvalue weighted by molar-refractivity contribution is 0.139. The van der Waals surface area contributed by atoms with E-state index in [1.807, 2.05) is 37.3 Å². The highest BCUT2D eigenvalue weighted by atomic mass is 35.5. The molecule has 0 saturated carbocycles. The predicted octanol–water partition coefficient (Wildman–Crippen LogP) is 6.40. The Morgan fingerprint density at radius 2 is 1.87 bits per heavy atom. The molecule has 0 fully saturated rings. The van der Waals surface area contributed by atoms with Crippen LogP contribution in [0.15, 0.2) is 72.8 Å². The molecule has 6 heteroatoms. The number of halogens is 2. The predicted molar refractivity (Wildman–Crippen MR) is 122 cm³/mol.